The molecule has 0 aromatic heterocycles. The number of rotatable bonds is 65. The largest absolute Gasteiger partial charge is 0.462 e. The van der Waals surface area contributed by atoms with E-state index in [-0.39, 0.29) is 31.1 Å². The Hall–Kier alpha value is -3.15. The van der Waals surface area contributed by atoms with Gasteiger partial charge < -0.3 is 14.2 Å². The van der Waals surface area contributed by atoms with Crippen LogP contribution in [0.2, 0.25) is 0 Å². The van der Waals surface area contributed by atoms with Gasteiger partial charge in [0.25, 0.3) is 0 Å². The predicted octanol–water partition coefficient (Wildman–Crippen LogP) is 24.4. The molecule has 0 rings (SSSR count). The third-order valence-corrected chi connectivity index (χ3v) is 15.7. The summed E-state index contributed by atoms with van der Waals surface area (Å²) in [7, 11) is 0. The van der Waals surface area contributed by atoms with Gasteiger partial charge in [-0.1, -0.05) is 331 Å². The monoisotopic (exact) mass is 1130 g/mol. The average Bonchev–Trinajstić information content (AvgIpc) is 3.47. The minimum Gasteiger partial charge on any atom is -0.462 e. The lowest BCUT2D eigenvalue weighted by Gasteiger charge is -2.18. The molecular weight excluding hydrogens is 997 g/mol. The Balaban J connectivity index is 4.30. The van der Waals surface area contributed by atoms with Crippen LogP contribution in [-0.2, 0) is 28.6 Å². The van der Waals surface area contributed by atoms with E-state index in [9.17, 15) is 14.4 Å². The predicted molar refractivity (Wildman–Crippen MR) is 353 cm³/mol. The van der Waals surface area contributed by atoms with Gasteiger partial charge in [0.1, 0.15) is 13.2 Å². The lowest BCUT2D eigenvalue weighted by molar-refractivity contribution is -0.167. The second-order valence-electron chi connectivity index (χ2n) is 23.8. The first-order valence-electron chi connectivity index (χ1n) is 35.4. The smallest absolute Gasteiger partial charge is 0.306 e. The zero-order valence-corrected chi connectivity index (χ0v) is 54.1. The van der Waals surface area contributed by atoms with Gasteiger partial charge in [-0.3, -0.25) is 14.4 Å². The molecule has 0 aromatic carbocycles. The summed E-state index contributed by atoms with van der Waals surface area (Å²) >= 11 is 0. The van der Waals surface area contributed by atoms with E-state index in [4.69, 9.17) is 14.2 Å². The Bertz CT molecular complexity index is 1490. The van der Waals surface area contributed by atoms with E-state index in [1.165, 1.54) is 238 Å². The van der Waals surface area contributed by atoms with Gasteiger partial charge in [-0.05, 0) is 89.9 Å². The molecule has 0 aromatic rings. The normalized spacial score (nSPS) is 12.5. The first kappa shape index (κ1) is 77.9. The molecule has 6 heteroatoms. The molecule has 0 aliphatic rings. The second kappa shape index (κ2) is 69.3. The van der Waals surface area contributed by atoms with Crippen molar-refractivity contribution in [3.8, 4) is 0 Å². The molecule has 0 bridgehead atoms. The molecule has 1 atom stereocenters. The topological polar surface area (TPSA) is 78.9 Å². The summed E-state index contributed by atoms with van der Waals surface area (Å²) in [4.78, 5) is 38.5. The van der Waals surface area contributed by atoms with Gasteiger partial charge in [-0.2, -0.15) is 0 Å². The van der Waals surface area contributed by atoms with Crippen LogP contribution in [0.4, 0.5) is 0 Å². The van der Waals surface area contributed by atoms with E-state index in [2.05, 4.69) is 93.7 Å². The van der Waals surface area contributed by atoms with E-state index < -0.39 is 6.10 Å². The van der Waals surface area contributed by atoms with Crippen LogP contribution in [0.3, 0.4) is 0 Å². The highest BCUT2D eigenvalue weighted by Gasteiger charge is 2.19. The number of allylic oxidation sites excluding steroid dienone is 12. The summed E-state index contributed by atoms with van der Waals surface area (Å²) in [5.41, 5.74) is 0. The lowest BCUT2D eigenvalue weighted by Crippen LogP contribution is -2.30. The highest BCUT2D eigenvalue weighted by molar-refractivity contribution is 5.71. The van der Waals surface area contributed by atoms with Gasteiger partial charge in [-0.25, -0.2) is 0 Å². The summed E-state index contributed by atoms with van der Waals surface area (Å²) < 4.78 is 17.0. The van der Waals surface area contributed by atoms with Crippen molar-refractivity contribution < 1.29 is 28.6 Å². The highest BCUT2D eigenvalue weighted by Crippen LogP contribution is 2.18. The molecule has 470 valence electrons. The van der Waals surface area contributed by atoms with Gasteiger partial charge in [0.05, 0.1) is 0 Å². The van der Waals surface area contributed by atoms with E-state index in [0.717, 1.165) is 89.9 Å². The Morgan fingerprint density at radius 2 is 0.481 bits per heavy atom. The van der Waals surface area contributed by atoms with Crippen LogP contribution >= 0.6 is 0 Å². The summed E-state index contributed by atoms with van der Waals surface area (Å²) in [6, 6.07) is 0. The van der Waals surface area contributed by atoms with Crippen LogP contribution in [-0.4, -0.2) is 37.2 Å². The Kier molecular flexibility index (Phi) is 66.6. The molecule has 0 fully saturated rings. The lowest BCUT2D eigenvalue weighted by atomic mass is 10.0. The molecule has 0 saturated heterocycles. The number of esters is 3. The summed E-state index contributed by atoms with van der Waals surface area (Å²) in [6.45, 7) is 6.58. The Morgan fingerprint density at radius 3 is 0.753 bits per heavy atom. The van der Waals surface area contributed by atoms with Crippen LogP contribution in [0.5, 0.6) is 0 Å². The summed E-state index contributed by atoms with van der Waals surface area (Å²) in [6.07, 6.45) is 90.6. The van der Waals surface area contributed by atoms with Gasteiger partial charge in [0, 0.05) is 19.3 Å². The first-order valence-corrected chi connectivity index (χ1v) is 35.4. The van der Waals surface area contributed by atoms with E-state index >= 15 is 0 Å². The molecule has 0 aliphatic carbocycles. The maximum atomic E-state index is 13.0. The third kappa shape index (κ3) is 67.5. The van der Waals surface area contributed by atoms with E-state index in [0.29, 0.717) is 19.3 Å². The van der Waals surface area contributed by atoms with Crippen molar-refractivity contribution in [3.05, 3.63) is 72.9 Å². The molecule has 0 N–H and O–H groups in total. The molecule has 0 saturated carbocycles. The average molecular weight is 1130 g/mol. The molecule has 81 heavy (non-hydrogen) atoms. The Labute approximate surface area is 503 Å². The minimum atomic E-state index is -0.777. The number of ether oxygens (including phenoxy) is 3. The van der Waals surface area contributed by atoms with Gasteiger partial charge in [0.15, 0.2) is 6.10 Å². The van der Waals surface area contributed by atoms with Crippen LogP contribution < -0.4 is 0 Å². The fourth-order valence-electron chi connectivity index (χ4n) is 10.4. The molecule has 6 nitrogen and oxygen atoms in total. The number of carbonyl (C=O) groups excluding carboxylic acids is 3. The molecular formula is C75H134O6. The number of hydrogen-bond donors (Lipinski definition) is 0. The molecule has 0 aliphatic heterocycles. The first-order chi connectivity index (χ1) is 40.0. The van der Waals surface area contributed by atoms with Crippen LogP contribution in [0.15, 0.2) is 72.9 Å². The van der Waals surface area contributed by atoms with Crippen LogP contribution in [0.25, 0.3) is 0 Å². The van der Waals surface area contributed by atoms with Gasteiger partial charge in [0.2, 0.25) is 0 Å². The summed E-state index contributed by atoms with van der Waals surface area (Å²) in [5.74, 6) is -0.853. The zero-order chi connectivity index (χ0) is 58.5. The molecule has 0 amide bonds. The van der Waals surface area contributed by atoms with Gasteiger partial charge >= 0.3 is 17.9 Å². The van der Waals surface area contributed by atoms with Crippen molar-refractivity contribution in [1.29, 1.82) is 0 Å². The minimum absolute atomic E-state index is 0.0719. The third-order valence-electron chi connectivity index (χ3n) is 15.7. The van der Waals surface area contributed by atoms with Crippen LogP contribution in [0.1, 0.15) is 367 Å². The SMILES string of the molecule is CC/C=C\C/C=C\C/C=C\C/C=C\CCCCCCCCCCCCCCC(=O)OCC(COC(=O)CCCCCCCCCCCCCCCCC)OC(=O)CCCCCCCCCCCCC/C=C\C/C=C\CCCCCCC. The zero-order valence-electron chi connectivity index (χ0n) is 54.1. The number of unbranched alkanes of at least 4 members (excludes halogenated alkanes) is 42. The van der Waals surface area contributed by atoms with Crippen molar-refractivity contribution in [2.75, 3.05) is 13.2 Å². The highest BCUT2D eigenvalue weighted by atomic mass is 16.6. The summed E-state index contributed by atoms with van der Waals surface area (Å²) in [5, 5.41) is 0. The molecule has 0 heterocycles. The maximum absolute atomic E-state index is 13.0. The van der Waals surface area contributed by atoms with Crippen molar-refractivity contribution >= 4 is 17.9 Å². The van der Waals surface area contributed by atoms with Crippen molar-refractivity contribution in [2.24, 2.45) is 0 Å². The molecule has 0 spiro atoms. The number of hydrogen-bond acceptors (Lipinski definition) is 6. The maximum Gasteiger partial charge on any atom is 0.306 e. The van der Waals surface area contributed by atoms with Crippen molar-refractivity contribution in [3.63, 3.8) is 0 Å². The van der Waals surface area contributed by atoms with Crippen LogP contribution in [0, 0.1) is 0 Å². The molecule has 0 radical (unpaired) electrons. The van der Waals surface area contributed by atoms with E-state index in [1.54, 1.807) is 0 Å². The fourth-order valence-corrected chi connectivity index (χ4v) is 10.4. The van der Waals surface area contributed by atoms with Crippen molar-refractivity contribution in [1.82, 2.24) is 0 Å². The quantitative estimate of drug-likeness (QED) is 0.0261. The standard InChI is InChI=1S/C75H134O6/c1-4-7-10-13-16-19-22-25-28-30-32-34-36-37-39-40-42-44-47-50-53-56-59-62-65-68-74(77)80-71-72(70-79-73(76)67-64-61-58-55-52-49-46-27-24-21-18-15-12-9-6-3)81-75(78)69-66-63-60-57-54-51-48-45-43-41-38-35-33-31-29-26-23-20-17-14-11-8-5-2/h7,10,16,19,23,25-26,28,31-34,72H,4-6,8-9,11-15,17-18,20-22,24,27,29-30,35-71H2,1-3H3/b10-7-,19-16-,26-23-,28-25-,33-31-,34-32-. The van der Waals surface area contributed by atoms with Crippen molar-refractivity contribution in [2.45, 2.75) is 374 Å². The van der Waals surface area contributed by atoms with Gasteiger partial charge in [-0.15, -0.1) is 0 Å². The number of carbonyl (C=O) groups is 3. The molecule has 1 unspecified atom stereocenters. The Morgan fingerprint density at radius 1 is 0.259 bits per heavy atom. The fraction of sp³-hybridized carbons (Fsp3) is 0.800. The second-order valence-corrected chi connectivity index (χ2v) is 23.8. The van der Waals surface area contributed by atoms with E-state index in [1.807, 2.05) is 0 Å².